The van der Waals surface area contributed by atoms with Crippen molar-refractivity contribution < 1.29 is 4.79 Å². The summed E-state index contributed by atoms with van der Waals surface area (Å²) in [5, 5.41) is 1.91. The van der Waals surface area contributed by atoms with Gasteiger partial charge in [0.2, 0.25) is 0 Å². The lowest BCUT2D eigenvalue weighted by Gasteiger charge is -1.89. The predicted molar refractivity (Wildman–Crippen MR) is 47.3 cm³/mol. The number of thioether (sulfide) groups is 1. The zero-order valence-corrected chi connectivity index (χ0v) is 7.34. The molecule has 10 heavy (non-hydrogen) atoms. The van der Waals surface area contributed by atoms with E-state index in [0.717, 1.165) is 5.75 Å². The van der Waals surface area contributed by atoms with Crippen molar-refractivity contribution in [2.45, 2.75) is 6.92 Å². The predicted octanol–water partition coefficient (Wildman–Crippen LogP) is 2.57. The average Bonchev–Trinajstić information content (AvgIpc) is 1.88. The smallest absolute Gasteiger partial charge is 0.171 e. The molecule has 56 valence electrons. The Balaban J connectivity index is 3.68. The van der Waals surface area contributed by atoms with E-state index in [4.69, 9.17) is 11.6 Å². The highest BCUT2D eigenvalue weighted by atomic mass is 35.5. The Bertz CT molecular complexity index is 163. The summed E-state index contributed by atoms with van der Waals surface area (Å²) >= 11 is 6.96. The first-order chi connectivity index (χ1) is 4.68. The number of halogens is 1. The molecule has 0 aromatic rings. The summed E-state index contributed by atoms with van der Waals surface area (Å²) in [6, 6.07) is 0. The van der Waals surface area contributed by atoms with Crippen LogP contribution in [0.1, 0.15) is 6.92 Å². The molecule has 0 saturated carbocycles. The minimum Gasteiger partial charge on any atom is -0.293 e. The van der Waals surface area contributed by atoms with Crippen LogP contribution in [0, 0.1) is 0 Å². The van der Waals surface area contributed by atoms with Gasteiger partial charge in [-0.05, 0) is 5.41 Å². The van der Waals surface area contributed by atoms with Gasteiger partial charge in [-0.1, -0.05) is 17.7 Å². The van der Waals surface area contributed by atoms with Crippen LogP contribution in [0.5, 0.6) is 0 Å². The molecule has 0 N–H and O–H groups in total. The summed E-state index contributed by atoms with van der Waals surface area (Å²) in [5.41, 5.74) is 0. The van der Waals surface area contributed by atoms with E-state index in [1.807, 2.05) is 0 Å². The van der Waals surface area contributed by atoms with Crippen LogP contribution in [-0.2, 0) is 4.79 Å². The fourth-order valence-electron chi connectivity index (χ4n) is 0.272. The molecular weight excluding hydrogens is 168 g/mol. The zero-order valence-electron chi connectivity index (χ0n) is 5.76. The lowest BCUT2D eigenvalue weighted by atomic mass is 10.4. The first-order valence-corrected chi connectivity index (χ1v) is 4.20. The maximum Gasteiger partial charge on any atom is 0.171 e. The topological polar surface area (TPSA) is 17.1 Å². The molecule has 3 heteroatoms. The highest BCUT2D eigenvalue weighted by molar-refractivity contribution is 8.02. The number of hydrogen-bond donors (Lipinski definition) is 0. The van der Waals surface area contributed by atoms with Gasteiger partial charge in [-0.2, -0.15) is 0 Å². The molecule has 0 heterocycles. The van der Waals surface area contributed by atoms with E-state index in [9.17, 15) is 4.79 Å². The van der Waals surface area contributed by atoms with E-state index < -0.39 is 0 Å². The Kier molecular flexibility index (Phi) is 5.45. The second kappa shape index (κ2) is 5.57. The average molecular weight is 177 g/mol. The Morgan fingerprint density at radius 3 is 2.80 bits per heavy atom. The van der Waals surface area contributed by atoms with Gasteiger partial charge < -0.3 is 0 Å². The number of hydrogen-bond acceptors (Lipinski definition) is 2. The van der Waals surface area contributed by atoms with Crippen molar-refractivity contribution in [1.82, 2.24) is 0 Å². The summed E-state index contributed by atoms with van der Waals surface area (Å²) in [6.45, 7) is 4.96. The maximum absolute atomic E-state index is 10.5. The van der Waals surface area contributed by atoms with E-state index in [0.29, 0.717) is 0 Å². The van der Waals surface area contributed by atoms with Crippen molar-refractivity contribution in [3.05, 3.63) is 23.1 Å². The van der Waals surface area contributed by atoms with Crippen LogP contribution >= 0.6 is 23.4 Å². The van der Waals surface area contributed by atoms with Crippen LogP contribution in [-0.4, -0.2) is 11.5 Å². The van der Waals surface area contributed by atoms with Crippen LogP contribution in [0.2, 0.25) is 0 Å². The first kappa shape index (κ1) is 9.79. The van der Waals surface area contributed by atoms with E-state index in [1.165, 1.54) is 18.7 Å². The molecule has 0 bridgehead atoms. The van der Waals surface area contributed by atoms with Gasteiger partial charge in [-0.15, -0.1) is 18.3 Å². The highest BCUT2D eigenvalue weighted by Gasteiger charge is 1.95. The third-order valence-corrected chi connectivity index (χ3v) is 2.07. The van der Waals surface area contributed by atoms with Gasteiger partial charge >= 0.3 is 0 Å². The van der Waals surface area contributed by atoms with Crippen LogP contribution in [0.3, 0.4) is 0 Å². The number of Topliss-reactive ketones (excluding diaryl/α,β-unsaturated/α-hetero) is 1. The van der Waals surface area contributed by atoms with Gasteiger partial charge in [0.05, 0.1) is 5.03 Å². The Labute approximate surface area is 70.1 Å². The van der Waals surface area contributed by atoms with Gasteiger partial charge in [-0.3, -0.25) is 4.79 Å². The molecule has 0 saturated heterocycles. The van der Waals surface area contributed by atoms with Gasteiger partial charge in [0.15, 0.2) is 5.78 Å². The van der Waals surface area contributed by atoms with E-state index >= 15 is 0 Å². The maximum atomic E-state index is 10.5. The molecule has 0 unspecified atom stereocenters. The monoisotopic (exact) mass is 176 g/mol. The summed E-state index contributed by atoms with van der Waals surface area (Å²) in [5.74, 6) is 0.682. The third-order valence-electron chi connectivity index (χ3n) is 0.737. The Morgan fingerprint density at radius 1 is 1.80 bits per heavy atom. The van der Waals surface area contributed by atoms with Crippen LogP contribution in [0.25, 0.3) is 0 Å². The molecule has 0 aliphatic heterocycles. The van der Waals surface area contributed by atoms with Crippen LogP contribution in [0.15, 0.2) is 23.1 Å². The van der Waals surface area contributed by atoms with Crippen LogP contribution in [0.4, 0.5) is 0 Å². The minimum atomic E-state index is -0.0989. The van der Waals surface area contributed by atoms with Crippen molar-refractivity contribution in [3.63, 3.8) is 0 Å². The van der Waals surface area contributed by atoms with Gasteiger partial charge in [0, 0.05) is 12.7 Å². The molecule has 0 atom stereocenters. The Hall–Kier alpha value is -0.210. The lowest BCUT2D eigenvalue weighted by molar-refractivity contribution is -0.113. The number of carbonyl (C=O) groups is 1. The second-order valence-corrected chi connectivity index (χ2v) is 2.95. The molecule has 0 aliphatic carbocycles. The minimum absolute atomic E-state index is 0.0989. The summed E-state index contributed by atoms with van der Waals surface area (Å²) in [6.07, 6.45) is 1.76. The Morgan fingerprint density at radius 2 is 2.40 bits per heavy atom. The van der Waals surface area contributed by atoms with Crippen molar-refractivity contribution in [2.75, 3.05) is 5.75 Å². The molecular formula is C7H9ClOS. The van der Waals surface area contributed by atoms with Crippen molar-refractivity contribution >= 4 is 29.1 Å². The van der Waals surface area contributed by atoms with Gasteiger partial charge in [0.1, 0.15) is 0 Å². The fourth-order valence-corrected chi connectivity index (χ4v) is 1.01. The molecule has 0 aromatic heterocycles. The normalized spacial score (nSPS) is 11.2. The number of ketones is 1. The van der Waals surface area contributed by atoms with Crippen molar-refractivity contribution in [1.29, 1.82) is 0 Å². The summed E-state index contributed by atoms with van der Waals surface area (Å²) in [7, 11) is 0. The molecule has 0 aliphatic rings. The molecule has 0 amide bonds. The number of allylic oxidation sites excluding steroid dienone is 1. The molecule has 0 aromatic carbocycles. The SMILES string of the molecule is C=CCSC=C(Cl)C(C)=O. The van der Waals surface area contributed by atoms with Crippen molar-refractivity contribution in [3.8, 4) is 0 Å². The molecule has 0 fully saturated rings. The first-order valence-electron chi connectivity index (χ1n) is 2.77. The van der Waals surface area contributed by atoms with E-state index in [2.05, 4.69) is 6.58 Å². The van der Waals surface area contributed by atoms with Crippen LogP contribution < -0.4 is 0 Å². The second-order valence-electron chi connectivity index (χ2n) is 1.64. The van der Waals surface area contributed by atoms with E-state index in [1.54, 1.807) is 11.5 Å². The summed E-state index contributed by atoms with van der Waals surface area (Å²) in [4.78, 5) is 10.5. The summed E-state index contributed by atoms with van der Waals surface area (Å²) < 4.78 is 0. The fraction of sp³-hybridized carbons (Fsp3) is 0.286. The lowest BCUT2D eigenvalue weighted by Crippen LogP contribution is -1.86. The quantitative estimate of drug-likeness (QED) is 0.372. The molecule has 1 nitrogen and oxygen atoms in total. The zero-order chi connectivity index (χ0) is 7.98. The van der Waals surface area contributed by atoms with Gasteiger partial charge in [-0.25, -0.2) is 0 Å². The molecule has 0 spiro atoms. The largest absolute Gasteiger partial charge is 0.293 e. The highest BCUT2D eigenvalue weighted by Crippen LogP contribution is 2.11. The number of carbonyl (C=O) groups excluding carboxylic acids is 1. The van der Waals surface area contributed by atoms with Crippen molar-refractivity contribution in [2.24, 2.45) is 0 Å². The number of rotatable bonds is 4. The van der Waals surface area contributed by atoms with E-state index in [-0.39, 0.29) is 10.8 Å². The van der Waals surface area contributed by atoms with Gasteiger partial charge in [0.25, 0.3) is 0 Å². The molecule has 0 rings (SSSR count). The third kappa shape index (κ3) is 4.65. The molecule has 0 radical (unpaired) electrons. The standard InChI is InChI=1S/C7H9ClOS/c1-3-4-10-5-7(8)6(2)9/h3,5H,1,4H2,2H3.